The highest BCUT2D eigenvalue weighted by atomic mass is 31.3. The molecule has 0 radical (unpaired) electrons. The number of rotatable bonds is 3. The van der Waals surface area contributed by atoms with Crippen LogP contribution in [0.3, 0.4) is 0 Å². The Hall–Kier alpha value is 0.650. The van der Waals surface area contributed by atoms with Crippen LogP contribution in [0, 0.1) is 0 Å². The van der Waals surface area contributed by atoms with Crippen molar-refractivity contribution in [3.8, 4) is 0 Å². The molecule has 15 heavy (non-hydrogen) atoms. The molecule has 90 valence electrons. The number of nitrogens with zero attached hydrogens (tertiary/aromatic N) is 3. The number of halogens is 4. The molecule has 3 unspecified atom stereocenters. The molecule has 0 bridgehead atoms. The summed E-state index contributed by atoms with van der Waals surface area (Å²) in [6.07, 6.45) is 0. The van der Waals surface area contributed by atoms with Crippen LogP contribution in [0.1, 0.15) is 6.92 Å². The van der Waals surface area contributed by atoms with Crippen molar-refractivity contribution in [1.82, 2.24) is 9.33 Å². The molecule has 1 heterocycles. The summed E-state index contributed by atoms with van der Waals surface area (Å²) in [7, 11) is -9.76. The van der Waals surface area contributed by atoms with Gasteiger partial charge in [-0.25, -0.2) is 0 Å². The van der Waals surface area contributed by atoms with Crippen molar-refractivity contribution < 1.29 is 26.4 Å². The van der Waals surface area contributed by atoms with Gasteiger partial charge in [-0.2, -0.15) is 12.9 Å². The minimum absolute atomic E-state index is 0.0839. The lowest BCUT2D eigenvalue weighted by Gasteiger charge is -2.32. The van der Waals surface area contributed by atoms with E-state index in [1.807, 2.05) is 0 Å². The Morgan fingerprint density at radius 1 is 1.47 bits per heavy atom. The molecule has 1 aliphatic heterocycles. The average Bonchev–Trinajstić information content (AvgIpc) is 2.22. The zero-order valence-corrected chi connectivity index (χ0v) is 10.4. The van der Waals surface area contributed by atoms with Crippen LogP contribution in [0.4, 0.5) is 17.4 Å². The predicted octanol–water partition coefficient (Wildman–Crippen LogP) is 4.39. The van der Waals surface area contributed by atoms with Gasteiger partial charge in [0, 0.05) is 11.8 Å². The van der Waals surface area contributed by atoms with E-state index in [0.717, 1.165) is 7.11 Å². The predicted molar refractivity (Wildman–Crippen MR) is 49.9 cm³/mol. The first-order valence-corrected chi connectivity index (χ1v) is 7.45. The van der Waals surface area contributed by atoms with E-state index < -0.39 is 34.1 Å². The first kappa shape index (κ1) is 13.7. The van der Waals surface area contributed by atoms with Crippen molar-refractivity contribution in [2.75, 3.05) is 13.7 Å². The minimum atomic E-state index is -4.55. The van der Waals surface area contributed by atoms with Crippen LogP contribution in [0.15, 0.2) is 4.52 Å². The van der Waals surface area contributed by atoms with Crippen LogP contribution < -0.4 is 0 Å². The Kier molecular flexibility index (Phi) is 4.86. The van der Waals surface area contributed by atoms with Gasteiger partial charge < -0.3 is 9.05 Å². The van der Waals surface area contributed by atoms with Gasteiger partial charge in [-0.15, -0.1) is 8.96 Å². The Bertz CT molecular complexity index is 283. The summed E-state index contributed by atoms with van der Waals surface area (Å²) >= 11 is 0. The van der Waals surface area contributed by atoms with Crippen molar-refractivity contribution in [2.45, 2.75) is 6.92 Å². The maximum Gasteiger partial charge on any atom is 0.371 e. The summed E-state index contributed by atoms with van der Waals surface area (Å²) in [6, 6.07) is 0. The molecule has 1 aliphatic rings. The molecule has 0 saturated carbocycles. The zero-order valence-electron chi connectivity index (χ0n) is 7.72. The quantitative estimate of drug-likeness (QED) is 0.438. The number of hydrogen-bond donors (Lipinski definition) is 0. The summed E-state index contributed by atoms with van der Waals surface area (Å²) < 4.78 is 62.9. The molecule has 0 saturated heterocycles. The highest BCUT2D eigenvalue weighted by Gasteiger charge is 2.50. The summed E-state index contributed by atoms with van der Waals surface area (Å²) in [5, 5.41) is 0. The fourth-order valence-electron chi connectivity index (χ4n) is 0.690. The van der Waals surface area contributed by atoms with Crippen molar-refractivity contribution in [3.63, 3.8) is 0 Å². The molecule has 0 aromatic carbocycles. The second kappa shape index (κ2) is 5.32. The molecule has 5 nitrogen and oxygen atoms in total. The van der Waals surface area contributed by atoms with Crippen LogP contribution in [0.25, 0.3) is 0 Å². The maximum atomic E-state index is 13.5. The van der Waals surface area contributed by atoms with E-state index >= 15 is 0 Å². The molecule has 0 N–H and O–H groups in total. The Balaban J connectivity index is 2.99. The number of hydrogen-bond acceptors (Lipinski definition) is 5. The largest absolute Gasteiger partial charge is 0.371 e. The van der Waals surface area contributed by atoms with Crippen molar-refractivity contribution in [3.05, 3.63) is 0 Å². The maximum absolute atomic E-state index is 13.5. The molecular weight excluding hydrogens is 279 g/mol. The van der Waals surface area contributed by atoms with E-state index in [4.69, 9.17) is 0 Å². The van der Waals surface area contributed by atoms with Gasteiger partial charge in [-0.05, 0) is 11.6 Å². The van der Waals surface area contributed by atoms with Gasteiger partial charge in [-0.3, -0.25) is 0 Å². The summed E-state index contributed by atoms with van der Waals surface area (Å²) in [5.41, 5.74) is 0. The average molecular weight is 287 g/mol. The molecule has 0 amide bonds. The van der Waals surface area contributed by atoms with Crippen LogP contribution in [0.2, 0.25) is 0 Å². The van der Waals surface area contributed by atoms with Crippen molar-refractivity contribution in [1.29, 1.82) is 0 Å². The van der Waals surface area contributed by atoms with Crippen LogP contribution in [-0.2, 0) is 9.05 Å². The van der Waals surface area contributed by atoms with Crippen molar-refractivity contribution >= 4 is 24.7 Å². The smallest absolute Gasteiger partial charge is 0.328 e. The molecule has 1 rings (SSSR count). The third-order valence-electron chi connectivity index (χ3n) is 1.28. The van der Waals surface area contributed by atoms with E-state index in [1.54, 1.807) is 0 Å². The lowest BCUT2D eigenvalue weighted by molar-refractivity contribution is 0.139. The third-order valence-corrected chi connectivity index (χ3v) is 6.98. The summed E-state index contributed by atoms with van der Waals surface area (Å²) in [5.74, 6) is 0. The topological polar surface area (TPSA) is 37.3 Å². The first-order valence-electron chi connectivity index (χ1n) is 3.65. The Morgan fingerprint density at radius 3 is 2.53 bits per heavy atom. The van der Waals surface area contributed by atoms with Gasteiger partial charge in [-0.1, -0.05) is 0 Å². The standard InChI is InChI=1S/C3H8F4N3O2P3/c1-3-12-14-9(4)13(6)8-15(7,11-2)10(14)5/h3H2,1-2H3. The lowest BCUT2D eigenvalue weighted by Crippen LogP contribution is -2.16. The van der Waals surface area contributed by atoms with E-state index in [2.05, 4.69) is 13.6 Å². The van der Waals surface area contributed by atoms with Crippen LogP contribution in [-0.4, -0.2) is 23.0 Å². The third kappa shape index (κ3) is 2.67. The van der Waals surface area contributed by atoms with Crippen LogP contribution in [0.5, 0.6) is 0 Å². The summed E-state index contributed by atoms with van der Waals surface area (Å²) in [4.78, 5) is 0. The van der Waals surface area contributed by atoms with Gasteiger partial charge in [0.25, 0.3) is 8.45 Å². The Labute approximate surface area is 86.4 Å². The normalized spacial score (nSPS) is 39.1. The van der Waals surface area contributed by atoms with E-state index in [-0.39, 0.29) is 6.61 Å². The van der Waals surface area contributed by atoms with Crippen molar-refractivity contribution in [2.24, 2.45) is 4.52 Å². The highest BCUT2D eigenvalue weighted by molar-refractivity contribution is 7.77. The van der Waals surface area contributed by atoms with Gasteiger partial charge in [0.2, 0.25) is 0 Å². The molecule has 0 fully saturated rings. The van der Waals surface area contributed by atoms with E-state index in [1.165, 1.54) is 6.92 Å². The SMILES string of the molecule is CCOP1N(F)P(F)N=P(F)(OC)N1F. The second-order valence-electron chi connectivity index (χ2n) is 2.14. The fraction of sp³-hybridized carbons (Fsp3) is 1.00. The Morgan fingerprint density at radius 2 is 2.07 bits per heavy atom. The minimum Gasteiger partial charge on any atom is -0.328 e. The molecule has 12 heteroatoms. The second-order valence-corrected chi connectivity index (χ2v) is 7.44. The molecule has 0 aliphatic carbocycles. The molecule has 0 aromatic rings. The van der Waals surface area contributed by atoms with Gasteiger partial charge in [0.1, 0.15) is 0 Å². The fourth-order valence-corrected chi connectivity index (χ4v) is 5.96. The molecule has 3 atom stereocenters. The monoisotopic (exact) mass is 287 g/mol. The van der Waals surface area contributed by atoms with Crippen LogP contribution >= 0.6 is 24.7 Å². The zero-order chi connectivity index (χ0) is 11.6. The highest BCUT2D eigenvalue weighted by Crippen LogP contribution is 2.79. The molecular formula is C3H8F4N3O2P3. The lowest BCUT2D eigenvalue weighted by atomic mass is 10.9. The van der Waals surface area contributed by atoms with E-state index in [9.17, 15) is 17.4 Å². The van der Waals surface area contributed by atoms with E-state index in [0.29, 0.717) is 0 Å². The molecule has 0 aromatic heterocycles. The summed E-state index contributed by atoms with van der Waals surface area (Å²) in [6.45, 7) is 1.36. The van der Waals surface area contributed by atoms with Gasteiger partial charge in [0.15, 0.2) is 0 Å². The first-order chi connectivity index (χ1) is 6.96. The molecule has 0 spiro atoms. The van der Waals surface area contributed by atoms with Gasteiger partial charge in [0.05, 0.1) is 6.61 Å². The van der Waals surface area contributed by atoms with Gasteiger partial charge >= 0.3 is 16.3 Å².